The molecule has 2 atom stereocenters. The van der Waals surface area contributed by atoms with Gasteiger partial charge in [-0.2, -0.15) is 0 Å². The van der Waals surface area contributed by atoms with E-state index in [0.29, 0.717) is 19.4 Å². The first-order chi connectivity index (χ1) is 7.33. The summed E-state index contributed by atoms with van der Waals surface area (Å²) in [7, 11) is 0. The third kappa shape index (κ3) is 3.28. The lowest BCUT2D eigenvalue weighted by molar-refractivity contribution is -0.134. The summed E-state index contributed by atoms with van der Waals surface area (Å²) in [6.07, 6.45) is 0.853. The molecule has 0 bridgehead atoms. The highest BCUT2D eigenvalue weighted by atomic mass is 16.3. The number of aliphatic hydroxyl groups is 1. The summed E-state index contributed by atoms with van der Waals surface area (Å²) in [6.45, 7) is 5.92. The minimum absolute atomic E-state index is 0.105. The van der Waals surface area contributed by atoms with Crippen molar-refractivity contribution in [2.45, 2.75) is 45.3 Å². The fraction of sp³-hybridized carbons (Fsp3) is 0.818. The Morgan fingerprint density at radius 1 is 1.56 bits per heavy atom. The normalized spacial score (nSPS) is 25.4. The van der Waals surface area contributed by atoms with Crippen molar-refractivity contribution in [1.82, 2.24) is 10.6 Å². The van der Waals surface area contributed by atoms with E-state index in [0.717, 1.165) is 0 Å². The SMILES string of the molecule is CC(C)C(C)(O)CNC1CCC(=O)NC1=O. The molecule has 0 aliphatic carbocycles. The molecule has 0 radical (unpaired) electrons. The zero-order chi connectivity index (χ0) is 12.3. The maximum atomic E-state index is 11.4. The van der Waals surface area contributed by atoms with Gasteiger partial charge in [-0.25, -0.2) is 0 Å². The van der Waals surface area contributed by atoms with E-state index in [4.69, 9.17) is 0 Å². The second kappa shape index (κ2) is 4.93. The second-order valence-electron chi connectivity index (χ2n) is 4.90. The van der Waals surface area contributed by atoms with Crippen molar-refractivity contribution in [3.63, 3.8) is 0 Å². The van der Waals surface area contributed by atoms with Crippen LogP contribution in [0.3, 0.4) is 0 Å². The summed E-state index contributed by atoms with van der Waals surface area (Å²) in [6, 6.07) is -0.372. The van der Waals surface area contributed by atoms with Gasteiger partial charge in [0, 0.05) is 13.0 Å². The maximum absolute atomic E-state index is 11.4. The second-order valence-corrected chi connectivity index (χ2v) is 4.90. The van der Waals surface area contributed by atoms with Crippen LogP contribution in [0.15, 0.2) is 0 Å². The van der Waals surface area contributed by atoms with E-state index in [-0.39, 0.29) is 23.8 Å². The first-order valence-electron chi connectivity index (χ1n) is 5.62. The molecule has 1 heterocycles. The Morgan fingerprint density at radius 3 is 2.69 bits per heavy atom. The van der Waals surface area contributed by atoms with Crippen LogP contribution in [0, 0.1) is 5.92 Å². The molecule has 3 N–H and O–H groups in total. The van der Waals surface area contributed by atoms with Gasteiger partial charge in [-0.3, -0.25) is 14.9 Å². The Kier molecular flexibility index (Phi) is 4.04. The Morgan fingerprint density at radius 2 is 2.19 bits per heavy atom. The Hall–Kier alpha value is -0.940. The number of nitrogens with one attached hydrogen (secondary N) is 2. The number of carbonyl (C=O) groups is 2. The number of hydrogen-bond donors (Lipinski definition) is 3. The maximum Gasteiger partial charge on any atom is 0.243 e. The van der Waals surface area contributed by atoms with Crippen LogP contribution in [0.2, 0.25) is 0 Å². The van der Waals surface area contributed by atoms with Gasteiger partial charge in [0.05, 0.1) is 11.6 Å². The van der Waals surface area contributed by atoms with Crippen molar-refractivity contribution in [3.05, 3.63) is 0 Å². The summed E-state index contributed by atoms with van der Waals surface area (Å²) in [5.41, 5.74) is -0.845. The number of imide groups is 1. The molecule has 5 heteroatoms. The molecule has 0 aromatic rings. The summed E-state index contributed by atoms with van der Waals surface area (Å²) in [5, 5.41) is 15.3. The molecule has 5 nitrogen and oxygen atoms in total. The van der Waals surface area contributed by atoms with Gasteiger partial charge >= 0.3 is 0 Å². The van der Waals surface area contributed by atoms with Gasteiger partial charge < -0.3 is 10.4 Å². The largest absolute Gasteiger partial charge is 0.389 e. The Balaban J connectivity index is 2.44. The Bertz CT molecular complexity index is 287. The highest BCUT2D eigenvalue weighted by molar-refractivity contribution is 6.00. The molecule has 92 valence electrons. The fourth-order valence-corrected chi connectivity index (χ4v) is 1.42. The van der Waals surface area contributed by atoms with Crippen LogP contribution in [0.4, 0.5) is 0 Å². The monoisotopic (exact) mass is 228 g/mol. The van der Waals surface area contributed by atoms with Gasteiger partial charge in [-0.05, 0) is 19.3 Å². The lowest BCUT2D eigenvalue weighted by atomic mass is 9.92. The van der Waals surface area contributed by atoms with Crippen LogP contribution >= 0.6 is 0 Å². The van der Waals surface area contributed by atoms with Gasteiger partial charge in [-0.1, -0.05) is 13.8 Å². The first-order valence-corrected chi connectivity index (χ1v) is 5.62. The number of rotatable bonds is 4. The molecule has 1 aliphatic heterocycles. The molecule has 1 aliphatic rings. The standard InChI is InChI=1S/C11H20N2O3/c1-7(2)11(3,16)6-12-8-4-5-9(14)13-10(8)15/h7-8,12,16H,4-6H2,1-3H3,(H,13,14,15). The zero-order valence-electron chi connectivity index (χ0n) is 10.0. The summed E-state index contributed by atoms with van der Waals surface area (Å²) >= 11 is 0. The fourth-order valence-electron chi connectivity index (χ4n) is 1.42. The number of amides is 2. The summed E-state index contributed by atoms with van der Waals surface area (Å²) in [4.78, 5) is 22.3. The van der Waals surface area contributed by atoms with Gasteiger partial charge in [0.25, 0.3) is 0 Å². The van der Waals surface area contributed by atoms with Crippen LogP contribution in [0.1, 0.15) is 33.6 Å². The van der Waals surface area contributed by atoms with Gasteiger partial charge in [0.2, 0.25) is 11.8 Å². The highest BCUT2D eigenvalue weighted by Gasteiger charge is 2.30. The summed E-state index contributed by atoms with van der Waals surface area (Å²) in [5.74, 6) is -0.414. The smallest absolute Gasteiger partial charge is 0.243 e. The molecule has 0 saturated carbocycles. The molecular formula is C11H20N2O3. The summed E-state index contributed by atoms with van der Waals surface area (Å²) < 4.78 is 0. The minimum atomic E-state index is -0.845. The molecular weight excluding hydrogens is 208 g/mol. The molecule has 0 aromatic carbocycles. The van der Waals surface area contributed by atoms with Crippen molar-refractivity contribution in [3.8, 4) is 0 Å². The van der Waals surface area contributed by atoms with E-state index < -0.39 is 5.60 Å². The minimum Gasteiger partial charge on any atom is -0.389 e. The number of carbonyl (C=O) groups excluding carboxylic acids is 2. The molecule has 0 spiro atoms. The lowest BCUT2D eigenvalue weighted by Gasteiger charge is -2.31. The third-order valence-corrected chi connectivity index (χ3v) is 3.19. The topological polar surface area (TPSA) is 78.4 Å². The number of piperidine rings is 1. The van der Waals surface area contributed by atoms with Crippen LogP contribution < -0.4 is 10.6 Å². The van der Waals surface area contributed by atoms with Crippen LogP contribution in [0.25, 0.3) is 0 Å². The average Bonchev–Trinajstić information content (AvgIpc) is 2.16. The van der Waals surface area contributed by atoms with Crippen LogP contribution in [-0.2, 0) is 9.59 Å². The first kappa shape index (κ1) is 13.1. The highest BCUT2D eigenvalue weighted by Crippen LogP contribution is 2.15. The van der Waals surface area contributed by atoms with Gasteiger partial charge in [0.1, 0.15) is 0 Å². The van der Waals surface area contributed by atoms with Crippen molar-refractivity contribution in [2.75, 3.05) is 6.54 Å². The number of hydrogen-bond acceptors (Lipinski definition) is 4. The van der Waals surface area contributed by atoms with E-state index in [2.05, 4.69) is 10.6 Å². The van der Waals surface area contributed by atoms with E-state index in [1.165, 1.54) is 0 Å². The molecule has 1 rings (SSSR count). The van der Waals surface area contributed by atoms with E-state index in [1.807, 2.05) is 13.8 Å². The van der Waals surface area contributed by atoms with Gasteiger partial charge in [-0.15, -0.1) is 0 Å². The molecule has 1 saturated heterocycles. The average molecular weight is 228 g/mol. The molecule has 1 fully saturated rings. The lowest BCUT2D eigenvalue weighted by Crippen LogP contribution is -2.54. The molecule has 2 amide bonds. The molecule has 16 heavy (non-hydrogen) atoms. The Labute approximate surface area is 95.6 Å². The predicted molar refractivity (Wildman–Crippen MR) is 59.6 cm³/mol. The van der Waals surface area contributed by atoms with Crippen LogP contribution in [0.5, 0.6) is 0 Å². The van der Waals surface area contributed by atoms with Crippen molar-refractivity contribution in [2.24, 2.45) is 5.92 Å². The van der Waals surface area contributed by atoms with E-state index in [1.54, 1.807) is 6.92 Å². The van der Waals surface area contributed by atoms with Crippen molar-refractivity contribution < 1.29 is 14.7 Å². The third-order valence-electron chi connectivity index (χ3n) is 3.19. The molecule has 2 unspecified atom stereocenters. The van der Waals surface area contributed by atoms with Crippen molar-refractivity contribution >= 4 is 11.8 Å². The van der Waals surface area contributed by atoms with Crippen LogP contribution in [-0.4, -0.2) is 35.1 Å². The quantitative estimate of drug-likeness (QED) is 0.582. The van der Waals surface area contributed by atoms with Crippen molar-refractivity contribution in [1.29, 1.82) is 0 Å². The van der Waals surface area contributed by atoms with E-state index in [9.17, 15) is 14.7 Å². The molecule has 0 aromatic heterocycles. The van der Waals surface area contributed by atoms with Gasteiger partial charge in [0.15, 0.2) is 0 Å². The van der Waals surface area contributed by atoms with E-state index >= 15 is 0 Å². The zero-order valence-corrected chi connectivity index (χ0v) is 10.0. The predicted octanol–water partition coefficient (Wildman–Crippen LogP) is -0.212.